The second kappa shape index (κ2) is 5.44. The largest absolute Gasteiger partial charge is 0.385 e. The molecule has 1 aromatic rings. The van der Waals surface area contributed by atoms with E-state index in [0.717, 1.165) is 6.26 Å². The molecule has 1 rings (SSSR count). The highest BCUT2D eigenvalue weighted by Crippen LogP contribution is 2.39. The van der Waals surface area contributed by atoms with Gasteiger partial charge in [0.25, 0.3) is 5.69 Å². The fourth-order valence-electron chi connectivity index (χ4n) is 1.69. The van der Waals surface area contributed by atoms with Crippen molar-refractivity contribution in [3.05, 3.63) is 39.9 Å². The lowest BCUT2D eigenvalue weighted by Gasteiger charge is -2.29. The van der Waals surface area contributed by atoms with E-state index in [9.17, 15) is 23.6 Å². The molecule has 8 heteroatoms. The SMILES string of the molecule is CC[C@](Cl)([C@H](O)c1ccc([N+](=O)[O-])cc1)S(C)(=O)=O. The van der Waals surface area contributed by atoms with E-state index in [4.69, 9.17) is 11.6 Å². The fourth-order valence-corrected chi connectivity index (χ4v) is 2.88. The van der Waals surface area contributed by atoms with Crippen LogP contribution in [0.3, 0.4) is 0 Å². The van der Waals surface area contributed by atoms with Crippen molar-refractivity contribution in [2.24, 2.45) is 0 Å². The molecule has 0 saturated carbocycles. The molecule has 0 bridgehead atoms. The van der Waals surface area contributed by atoms with E-state index in [1.807, 2.05) is 0 Å². The molecule has 2 atom stereocenters. The van der Waals surface area contributed by atoms with Crippen molar-refractivity contribution >= 4 is 27.1 Å². The minimum Gasteiger partial charge on any atom is -0.385 e. The van der Waals surface area contributed by atoms with Crippen molar-refractivity contribution in [2.45, 2.75) is 23.7 Å². The highest BCUT2D eigenvalue weighted by atomic mass is 35.5. The Hall–Kier alpha value is -1.18. The average Bonchev–Trinajstić information content (AvgIpc) is 2.35. The molecule has 0 radical (unpaired) electrons. The first-order valence-corrected chi connectivity index (χ1v) is 7.71. The highest BCUT2D eigenvalue weighted by Gasteiger charge is 2.44. The summed E-state index contributed by atoms with van der Waals surface area (Å²) in [7, 11) is -3.71. The van der Waals surface area contributed by atoms with E-state index in [-0.39, 0.29) is 17.7 Å². The van der Waals surface area contributed by atoms with Gasteiger partial charge in [0, 0.05) is 18.4 Å². The maximum atomic E-state index is 11.7. The summed E-state index contributed by atoms with van der Waals surface area (Å²) in [5.74, 6) is 0. The Labute approximate surface area is 116 Å². The number of hydrogen-bond acceptors (Lipinski definition) is 5. The molecule has 0 amide bonds. The van der Waals surface area contributed by atoms with Crippen LogP contribution >= 0.6 is 11.6 Å². The van der Waals surface area contributed by atoms with Crippen molar-refractivity contribution in [1.82, 2.24) is 0 Å². The zero-order chi connectivity index (χ0) is 14.8. The number of nitrogens with zero attached hydrogens (tertiary/aromatic N) is 1. The predicted molar refractivity (Wildman–Crippen MR) is 71.8 cm³/mol. The highest BCUT2D eigenvalue weighted by molar-refractivity contribution is 7.93. The van der Waals surface area contributed by atoms with Crippen LogP contribution in [0, 0.1) is 10.1 Å². The van der Waals surface area contributed by atoms with Gasteiger partial charge in [0.1, 0.15) is 6.10 Å². The summed E-state index contributed by atoms with van der Waals surface area (Å²) in [6, 6.07) is 4.96. The molecule has 6 nitrogen and oxygen atoms in total. The third-order valence-corrected chi connectivity index (χ3v) is 5.99. The van der Waals surface area contributed by atoms with Gasteiger partial charge in [-0.05, 0) is 24.1 Å². The second-order valence-corrected chi connectivity index (χ2v) is 7.33. The van der Waals surface area contributed by atoms with Gasteiger partial charge in [0.2, 0.25) is 0 Å². The van der Waals surface area contributed by atoms with Crippen LogP contribution in [0.25, 0.3) is 0 Å². The quantitative estimate of drug-likeness (QED) is 0.510. The molecule has 106 valence electrons. The molecule has 0 aliphatic carbocycles. The van der Waals surface area contributed by atoms with Crippen molar-refractivity contribution in [2.75, 3.05) is 6.26 Å². The molecule has 0 heterocycles. The summed E-state index contributed by atoms with van der Waals surface area (Å²) in [5, 5.41) is 20.6. The van der Waals surface area contributed by atoms with Gasteiger partial charge in [-0.2, -0.15) is 0 Å². The minimum atomic E-state index is -3.71. The van der Waals surface area contributed by atoms with Crippen LogP contribution in [-0.4, -0.2) is 28.9 Å². The van der Waals surface area contributed by atoms with Crippen LogP contribution in [0.2, 0.25) is 0 Å². The fraction of sp³-hybridized carbons (Fsp3) is 0.455. The standard InChI is InChI=1S/C11H14ClNO5S/c1-3-11(12,19(2,17)18)10(14)8-4-6-9(7-5-8)13(15)16/h4-7,10,14H,3H2,1-2H3/t10-,11-/m1/s1. The molecular weight excluding hydrogens is 294 g/mol. The second-order valence-electron chi connectivity index (χ2n) is 4.16. The Morgan fingerprint density at radius 2 is 1.89 bits per heavy atom. The zero-order valence-electron chi connectivity index (χ0n) is 10.4. The topological polar surface area (TPSA) is 97.5 Å². The van der Waals surface area contributed by atoms with Crippen molar-refractivity contribution < 1.29 is 18.4 Å². The minimum absolute atomic E-state index is 0.00550. The number of alkyl halides is 1. The predicted octanol–water partition coefficient (Wildman–Crippen LogP) is 2.02. The van der Waals surface area contributed by atoms with Gasteiger partial charge >= 0.3 is 0 Å². The number of halogens is 1. The van der Waals surface area contributed by atoms with Gasteiger partial charge < -0.3 is 5.11 Å². The molecule has 0 aliphatic rings. The van der Waals surface area contributed by atoms with E-state index in [1.54, 1.807) is 6.92 Å². The molecular formula is C11H14ClNO5S. The van der Waals surface area contributed by atoms with E-state index in [1.165, 1.54) is 24.3 Å². The lowest BCUT2D eigenvalue weighted by atomic mass is 10.0. The summed E-state index contributed by atoms with van der Waals surface area (Å²) in [6.07, 6.45) is -0.515. The van der Waals surface area contributed by atoms with E-state index in [2.05, 4.69) is 0 Å². The van der Waals surface area contributed by atoms with Crippen LogP contribution in [0.5, 0.6) is 0 Å². The molecule has 1 N–H and O–H groups in total. The molecule has 19 heavy (non-hydrogen) atoms. The number of benzene rings is 1. The number of aliphatic hydroxyl groups is 1. The van der Waals surface area contributed by atoms with Crippen molar-refractivity contribution in [3.63, 3.8) is 0 Å². The Kier molecular flexibility index (Phi) is 4.54. The molecule has 0 fully saturated rings. The molecule has 0 unspecified atom stereocenters. The van der Waals surface area contributed by atoms with Crippen LogP contribution in [0.1, 0.15) is 25.0 Å². The van der Waals surface area contributed by atoms with Crippen LogP contribution in [-0.2, 0) is 9.84 Å². The van der Waals surface area contributed by atoms with E-state index >= 15 is 0 Å². The third kappa shape index (κ3) is 3.05. The van der Waals surface area contributed by atoms with Crippen LogP contribution in [0.15, 0.2) is 24.3 Å². The van der Waals surface area contributed by atoms with Crippen molar-refractivity contribution in [1.29, 1.82) is 0 Å². The summed E-state index contributed by atoms with van der Waals surface area (Å²) >= 11 is 6.02. The molecule has 0 aromatic heterocycles. The molecule has 1 aromatic carbocycles. The number of non-ortho nitro benzene ring substituents is 1. The van der Waals surface area contributed by atoms with E-state index < -0.39 is 25.1 Å². The summed E-state index contributed by atoms with van der Waals surface area (Å²) < 4.78 is 21.5. The first-order chi connectivity index (χ1) is 8.63. The number of rotatable bonds is 5. The summed E-state index contributed by atoms with van der Waals surface area (Å²) in [4.78, 5) is 9.93. The van der Waals surface area contributed by atoms with E-state index in [0.29, 0.717) is 0 Å². The first kappa shape index (κ1) is 15.9. The van der Waals surface area contributed by atoms with Gasteiger partial charge in [-0.15, -0.1) is 0 Å². The van der Waals surface area contributed by atoms with Crippen LogP contribution < -0.4 is 0 Å². The maximum absolute atomic E-state index is 11.7. The number of sulfone groups is 1. The lowest BCUT2D eigenvalue weighted by molar-refractivity contribution is -0.384. The first-order valence-electron chi connectivity index (χ1n) is 5.44. The smallest absolute Gasteiger partial charge is 0.269 e. The number of aliphatic hydroxyl groups excluding tert-OH is 1. The monoisotopic (exact) mass is 307 g/mol. The summed E-state index contributed by atoms with van der Waals surface area (Å²) in [6.45, 7) is 1.54. The van der Waals surface area contributed by atoms with Gasteiger partial charge in [0.05, 0.1) is 4.92 Å². The van der Waals surface area contributed by atoms with Gasteiger partial charge in [-0.3, -0.25) is 10.1 Å². The maximum Gasteiger partial charge on any atom is 0.269 e. The molecule has 0 aliphatic heterocycles. The lowest BCUT2D eigenvalue weighted by Crippen LogP contribution is -2.37. The summed E-state index contributed by atoms with van der Waals surface area (Å²) in [5.41, 5.74) is 0.0693. The Morgan fingerprint density at radius 3 is 2.21 bits per heavy atom. The zero-order valence-corrected chi connectivity index (χ0v) is 12.0. The number of nitro benzene ring substituents is 1. The van der Waals surface area contributed by atoms with Crippen molar-refractivity contribution in [3.8, 4) is 0 Å². The normalized spacial score (nSPS) is 16.6. The third-order valence-electron chi connectivity index (χ3n) is 2.93. The Balaban J connectivity index is 3.19. The average molecular weight is 308 g/mol. The Morgan fingerprint density at radius 1 is 1.42 bits per heavy atom. The number of hydrogen-bond donors (Lipinski definition) is 1. The Bertz CT molecular complexity index is 571. The molecule has 0 spiro atoms. The van der Waals surface area contributed by atoms with Gasteiger partial charge in [-0.25, -0.2) is 8.42 Å². The number of nitro groups is 1. The van der Waals surface area contributed by atoms with Crippen LogP contribution in [0.4, 0.5) is 5.69 Å². The van der Waals surface area contributed by atoms with Gasteiger partial charge in [-0.1, -0.05) is 18.5 Å². The molecule has 0 saturated heterocycles. The van der Waals surface area contributed by atoms with Gasteiger partial charge in [0.15, 0.2) is 14.0 Å².